The molecule has 0 bridgehead atoms. The third kappa shape index (κ3) is 6.65. The summed E-state index contributed by atoms with van der Waals surface area (Å²) in [5.74, 6) is 0. The summed E-state index contributed by atoms with van der Waals surface area (Å²) in [6, 6.07) is 28.9. The maximum Gasteiger partial charge on any atom is -0.00861 e. The Kier molecular flexibility index (Phi) is 8.97. The van der Waals surface area contributed by atoms with Gasteiger partial charge in [-0.15, -0.1) is 0 Å². The van der Waals surface area contributed by atoms with Gasteiger partial charge in [0, 0.05) is 0 Å². The minimum Gasteiger partial charge on any atom is -0.0573 e. The maximum absolute atomic E-state index is 2.53. The molecule has 0 aliphatic rings. The molecule has 0 N–H and O–H groups in total. The first-order valence-electron chi connectivity index (χ1n) is 13.8. The number of aryl methyl sites for hydroxylation is 8. The van der Waals surface area contributed by atoms with Crippen molar-refractivity contribution in [2.24, 2.45) is 0 Å². The summed E-state index contributed by atoms with van der Waals surface area (Å²) in [6.07, 6.45) is 0. The van der Waals surface area contributed by atoms with E-state index in [2.05, 4.69) is 142 Å². The van der Waals surface area contributed by atoms with E-state index in [1.807, 2.05) is 0 Å². The number of hydrogen-bond donors (Lipinski definition) is 0. The molecule has 0 saturated heterocycles. The zero-order valence-corrected chi connectivity index (χ0v) is 26.8. The van der Waals surface area contributed by atoms with Gasteiger partial charge < -0.3 is 0 Å². The highest BCUT2D eigenvalue weighted by Gasteiger charge is 2.33. The van der Waals surface area contributed by atoms with Gasteiger partial charge in [0.05, 0.1) is 0 Å². The first-order valence-corrected chi connectivity index (χ1v) is 16.6. The molecule has 0 radical (unpaired) electrons. The van der Waals surface area contributed by atoms with E-state index < -0.39 is 15.8 Å². The largest absolute Gasteiger partial charge is 0.0573 e. The Morgan fingerprint density at radius 3 is 0.632 bits per heavy atom. The van der Waals surface area contributed by atoms with Gasteiger partial charge in [0.1, 0.15) is 0 Å². The normalized spacial score (nSPS) is 13.3. The van der Waals surface area contributed by atoms with Crippen LogP contribution in [-0.4, -0.2) is 11.3 Å². The van der Waals surface area contributed by atoms with E-state index in [1.54, 1.807) is 0 Å². The van der Waals surface area contributed by atoms with Gasteiger partial charge in [-0.1, -0.05) is 131 Å². The van der Waals surface area contributed by atoms with Crippen molar-refractivity contribution >= 4 is 37.1 Å². The molecule has 38 heavy (non-hydrogen) atoms. The highest BCUT2D eigenvalue weighted by atomic mass is 31.1. The molecule has 0 nitrogen and oxygen atoms in total. The first kappa shape index (κ1) is 28.7. The second-order valence-electron chi connectivity index (χ2n) is 11.6. The van der Waals surface area contributed by atoms with E-state index in [1.165, 1.54) is 65.7 Å². The molecule has 198 valence electrons. The highest BCUT2D eigenvalue weighted by Crippen LogP contribution is 2.52. The molecule has 0 amide bonds. The number of rotatable bonds is 7. The molecule has 2 atom stereocenters. The second-order valence-corrected chi connectivity index (χ2v) is 16.8. The lowest BCUT2D eigenvalue weighted by molar-refractivity contribution is 0.911. The van der Waals surface area contributed by atoms with Crippen molar-refractivity contribution < 1.29 is 0 Å². The second kappa shape index (κ2) is 11.9. The molecule has 4 aromatic rings. The van der Waals surface area contributed by atoms with Crippen molar-refractivity contribution in [1.29, 1.82) is 0 Å². The lowest BCUT2D eigenvalue weighted by Crippen LogP contribution is -2.32. The molecular formula is C36H44P2. The van der Waals surface area contributed by atoms with Crippen molar-refractivity contribution in [1.82, 2.24) is 0 Å². The fourth-order valence-corrected chi connectivity index (χ4v) is 12.9. The molecule has 0 fully saturated rings. The first-order chi connectivity index (χ1) is 17.9. The quantitative estimate of drug-likeness (QED) is 0.207. The molecular weight excluding hydrogens is 494 g/mol. The Morgan fingerprint density at radius 1 is 0.316 bits per heavy atom. The highest BCUT2D eigenvalue weighted by molar-refractivity contribution is 7.77. The predicted octanol–water partition coefficient (Wildman–Crippen LogP) is 8.50. The Balaban J connectivity index is 1.91. The van der Waals surface area contributed by atoms with Gasteiger partial charge in [-0.2, -0.15) is 0 Å². The van der Waals surface area contributed by atoms with Crippen LogP contribution < -0.4 is 21.2 Å². The van der Waals surface area contributed by atoms with Gasteiger partial charge in [0.15, 0.2) is 0 Å². The minimum atomic E-state index is -0.544. The monoisotopic (exact) mass is 538 g/mol. The standard InChI is InChI=1S/C36H44P2/c1-23-11-24(2)16-33(15-23)37(34-17-25(3)12-26(4)18-34)31(9)32(10)38(35-19-27(5)13-28(6)20-35)36-21-29(7)14-30(8)22-36/h11-22,31-32H,1-10H3/t31-,32-/m0/s1. The Bertz CT molecular complexity index is 1150. The fourth-order valence-electron chi connectivity index (χ4n) is 6.03. The van der Waals surface area contributed by atoms with Crippen LogP contribution in [0.1, 0.15) is 58.4 Å². The average Bonchev–Trinajstić information content (AvgIpc) is 2.76. The summed E-state index contributed by atoms with van der Waals surface area (Å²) in [6.45, 7) is 23.0. The third-order valence-electron chi connectivity index (χ3n) is 7.45. The molecule has 0 saturated carbocycles. The summed E-state index contributed by atoms with van der Waals surface area (Å²) in [4.78, 5) is 0. The summed E-state index contributed by atoms with van der Waals surface area (Å²) >= 11 is 0. The van der Waals surface area contributed by atoms with E-state index in [4.69, 9.17) is 0 Å². The van der Waals surface area contributed by atoms with E-state index in [9.17, 15) is 0 Å². The molecule has 0 spiro atoms. The van der Waals surface area contributed by atoms with E-state index in [0.717, 1.165) is 0 Å². The lowest BCUT2D eigenvalue weighted by Gasteiger charge is -2.36. The summed E-state index contributed by atoms with van der Waals surface area (Å²) in [5, 5.41) is 6.05. The molecule has 4 rings (SSSR count). The van der Waals surface area contributed by atoms with Crippen LogP contribution in [0.3, 0.4) is 0 Å². The molecule has 0 unspecified atom stereocenters. The van der Waals surface area contributed by atoms with Crippen LogP contribution >= 0.6 is 15.8 Å². The number of benzene rings is 4. The van der Waals surface area contributed by atoms with Gasteiger partial charge in [-0.05, 0) is 104 Å². The van der Waals surface area contributed by atoms with Gasteiger partial charge in [0.2, 0.25) is 0 Å². The number of hydrogen-bond acceptors (Lipinski definition) is 0. The van der Waals surface area contributed by atoms with Gasteiger partial charge >= 0.3 is 0 Å². The molecule has 0 aliphatic heterocycles. The predicted molar refractivity (Wildman–Crippen MR) is 175 cm³/mol. The van der Waals surface area contributed by atoms with Crippen LogP contribution in [0, 0.1) is 55.4 Å². The molecule has 0 aromatic heterocycles. The summed E-state index contributed by atoms with van der Waals surface area (Å²) in [7, 11) is -1.09. The smallest absolute Gasteiger partial charge is 0.00861 e. The fraction of sp³-hybridized carbons (Fsp3) is 0.333. The van der Waals surface area contributed by atoms with E-state index in [0.29, 0.717) is 11.3 Å². The molecule has 0 aliphatic carbocycles. The molecule has 4 aromatic carbocycles. The van der Waals surface area contributed by atoms with Gasteiger partial charge in [-0.25, -0.2) is 0 Å². The zero-order chi connectivity index (χ0) is 27.7. The lowest BCUT2D eigenvalue weighted by atomic mass is 10.2. The van der Waals surface area contributed by atoms with Crippen LogP contribution in [0.2, 0.25) is 0 Å². The van der Waals surface area contributed by atoms with Crippen molar-refractivity contribution in [3.05, 3.63) is 117 Å². The van der Waals surface area contributed by atoms with Gasteiger partial charge in [-0.3, -0.25) is 0 Å². The minimum absolute atomic E-state index is 0.514. The SMILES string of the molecule is Cc1cc(C)cc(P(c2cc(C)cc(C)c2)[C@@H](C)[C@H](C)P(c2cc(C)cc(C)c2)c2cc(C)cc(C)c2)c1. The molecule has 2 heteroatoms. The topological polar surface area (TPSA) is 0 Å². The van der Waals surface area contributed by atoms with E-state index in [-0.39, 0.29) is 0 Å². The van der Waals surface area contributed by atoms with Gasteiger partial charge in [0.25, 0.3) is 0 Å². The van der Waals surface area contributed by atoms with Crippen LogP contribution in [-0.2, 0) is 0 Å². The van der Waals surface area contributed by atoms with Crippen LogP contribution in [0.5, 0.6) is 0 Å². The zero-order valence-electron chi connectivity index (χ0n) is 25.0. The van der Waals surface area contributed by atoms with Crippen LogP contribution in [0.15, 0.2) is 72.8 Å². The van der Waals surface area contributed by atoms with Crippen molar-refractivity contribution in [2.75, 3.05) is 0 Å². The third-order valence-corrected chi connectivity index (χ3v) is 13.5. The van der Waals surface area contributed by atoms with Crippen molar-refractivity contribution in [3.8, 4) is 0 Å². The summed E-state index contributed by atoms with van der Waals surface area (Å²) < 4.78 is 0. The summed E-state index contributed by atoms with van der Waals surface area (Å²) in [5.41, 5.74) is 11.9. The van der Waals surface area contributed by atoms with Crippen molar-refractivity contribution in [3.63, 3.8) is 0 Å². The Hall–Kier alpha value is -2.26. The maximum atomic E-state index is 2.53. The average molecular weight is 539 g/mol. The van der Waals surface area contributed by atoms with Crippen molar-refractivity contribution in [2.45, 2.75) is 80.6 Å². The Labute approximate surface area is 234 Å². The van der Waals surface area contributed by atoms with Crippen LogP contribution in [0.25, 0.3) is 0 Å². The van der Waals surface area contributed by atoms with Crippen LogP contribution in [0.4, 0.5) is 0 Å². The van der Waals surface area contributed by atoms with E-state index >= 15 is 0 Å². The molecule has 0 heterocycles. The Morgan fingerprint density at radius 2 is 0.474 bits per heavy atom.